The van der Waals surface area contributed by atoms with Gasteiger partial charge in [0.05, 0.1) is 19.6 Å². The standard InChI is InChI=1S/C26H35N3O5Si/c1-5-32-26(30)14-20-17-33-24-15-21(7-8-22(20)24)34-25-9-6-19(16-28-25)23(10-11-27)29-18-31-12-13-35(2,3)4/h6-11,15-16,20,27,29H,5,12-14,17-18H2,1-4H3/b23-10-,27-11?. The van der Waals surface area contributed by atoms with E-state index in [2.05, 4.69) is 29.9 Å². The molecule has 2 N–H and O–H groups in total. The first-order chi connectivity index (χ1) is 16.8. The number of hydrogen-bond acceptors (Lipinski definition) is 8. The molecule has 188 valence electrons. The smallest absolute Gasteiger partial charge is 0.306 e. The van der Waals surface area contributed by atoms with Gasteiger partial charge in [-0.2, -0.15) is 0 Å². The molecule has 1 aliphatic heterocycles. The number of nitrogens with one attached hydrogen (secondary N) is 2. The first kappa shape index (κ1) is 26.4. The van der Waals surface area contributed by atoms with Crippen molar-refractivity contribution in [3.8, 4) is 17.4 Å². The Labute approximate surface area is 208 Å². The van der Waals surface area contributed by atoms with E-state index in [4.69, 9.17) is 24.4 Å². The molecule has 2 aromatic rings. The second-order valence-electron chi connectivity index (χ2n) is 9.49. The van der Waals surface area contributed by atoms with E-state index in [1.165, 1.54) is 6.21 Å². The van der Waals surface area contributed by atoms with Crippen LogP contribution in [-0.4, -0.2) is 51.8 Å². The zero-order chi connectivity index (χ0) is 25.3. The molecule has 8 nitrogen and oxygen atoms in total. The van der Waals surface area contributed by atoms with Gasteiger partial charge < -0.3 is 29.7 Å². The minimum Gasteiger partial charge on any atom is -0.492 e. The summed E-state index contributed by atoms with van der Waals surface area (Å²) in [7, 11) is -1.13. The molecule has 3 rings (SSSR count). The van der Waals surface area contributed by atoms with Crippen LogP contribution in [0.4, 0.5) is 0 Å². The molecule has 1 unspecified atom stereocenters. The third kappa shape index (κ3) is 8.22. The highest BCUT2D eigenvalue weighted by molar-refractivity contribution is 6.76. The van der Waals surface area contributed by atoms with Crippen molar-refractivity contribution in [2.45, 2.75) is 44.9 Å². The van der Waals surface area contributed by atoms with Gasteiger partial charge in [0.25, 0.3) is 0 Å². The number of carbonyl (C=O) groups excluding carboxylic acids is 1. The van der Waals surface area contributed by atoms with Gasteiger partial charge in [0.2, 0.25) is 5.88 Å². The van der Waals surface area contributed by atoms with Crippen molar-refractivity contribution in [1.29, 1.82) is 5.41 Å². The number of pyridine rings is 1. The van der Waals surface area contributed by atoms with Gasteiger partial charge in [-0.1, -0.05) is 25.7 Å². The SMILES string of the molecule is CCOC(=O)CC1COc2cc(Oc3ccc(/C(=C/C=N)NCOCC[Si](C)(C)C)cn3)ccc21. The van der Waals surface area contributed by atoms with Crippen LogP contribution in [0.3, 0.4) is 0 Å². The fourth-order valence-corrected chi connectivity index (χ4v) is 4.31. The van der Waals surface area contributed by atoms with Gasteiger partial charge in [-0.25, -0.2) is 4.98 Å². The topological polar surface area (TPSA) is 103 Å². The van der Waals surface area contributed by atoms with Gasteiger partial charge in [0, 0.05) is 62.0 Å². The summed E-state index contributed by atoms with van der Waals surface area (Å²) in [5, 5.41) is 10.7. The molecule has 1 aromatic carbocycles. The summed E-state index contributed by atoms with van der Waals surface area (Å²) in [5.74, 6) is 1.52. The molecule has 1 atom stereocenters. The Balaban J connectivity index is 1.57. The van der Waals surface area contributed by atoms with Gasteiger partial charge in [-0.05, 0) is 31.2 Å². The zero-order valence-electron chi connectivity index (χ0n) is 20.9. The summed E-state index contributed by atoms with van der Waals surface area (Å²) >= 11 is 0. The number of nitrogens with zero attached hydrogens (tertiary/aromatic N) is 1. The average molecular weight is 498 g/mol. The van der Waals surface area contributed by atoms with Gasteiger partial charge >= 0.3 is 5.97 Å². The largest absolute Gasteiger partial charge is 0.492 e. The van der Waals surface area contributed by atoms with E-state index >= 15 is 0 Å². The number of rotatable bonds is 13. The molecule has 9 heteroatoms. The lowest BCUT2D eigenvalue weighted by molar-refractivity contribution is -0.143. The summed E-state index contributed by atoms with van der Waals surface area (Å²) in [5.41, 5.74) is 2.56. The van der Waals surface area contributed by atoms with E-state index in [0.29, 0.717) is 43.7 Å². The van der Waals surface area contributed by atoms with E-state index < -0.39 is 8.07 Å². The highest BCUT2D eigenvalue weighted by Gasteiger charge is 2.27. The molecule has 0 amide bonds. The van der Waals surface area contributed by atoms with Crippen LogP contribution in [-0.2, 0) is 14.3 Å². The molecule has 0 spiro atoms. The van der Waals surface area contributed by atoms with Crippen LogP contribution in [0.2, 0.25) is 25.7 Å². The lowest BCUT2D eigenvalue weighted by Crippen LogP contribution is -2.24. The summed E-state index contributed by atoms with van der Waals surface area (Å²) in [6.45, 7) is 10.7. The van der Waals surface area contributed by atoms with E-state index in [1.54, 1.807) is 25.3 Å². The summed E-state index contributed by atoms with van der Waals surface area (Å²) in [4.78, 5) is 16.2. The number of fused-ring (bicyclic) bond motifs is 1. The number of allylic oxidation sites excluding steroid dienone is 1. The Bertz CT molecular complexity index is 1030. The monoisotopic (exact) mass is 497 g/mol. The molecule has 0 radical (unpaired) electrons. The predicted octanol–water partition coefficient (Wildman–Crippen LogP) is 5.20. The quantitative estimate of drug-likeness (QED) is 0.129. The fraction of sp³-hybridized carbons (Fsp3) is 0.423. The molecule has 2 heterocycles. The van der Waals surface area contributed by atoms with Crippen molar-refractivity contribution in [2.75, 3.05) is 26.6 Å². The van der Waals surface area contributed by atoms with Crippen LogP contribution in [0.15, 0.2) is 42.6 Å². The Morgan fingerprint density at radius 3 is 2.80 bits per heavy atom. The summed E-state index contributed by atoms with van der Waals surface area (Å²) in [6.07, 6.45) is 4.89. The summed E-state index contributed by atoms with van der Waals surface area (Å²) < 4.78 is 22.4. The maximum atomic E-state index is 11.8. The second-order valence-corrected chi connectivity index (χ2v) is 15.1. The molecule has 0 saturated heterocycles. The maximum absolute atomic E-state index is 11.8. The van der Waals surface area contributed by atoms with E-state index in [9.17, 15) is 4.79 Å². The highest BCUT2D eigenvalue weighted by Crippen LogP contribution is 2.39. The Morgan fingerprint density at radius 1 is 1.29 bits per heavy atom. The number of esters is 1. The number of ether oxygens (including phenoxy) is 4. The third-order valence-corrected chi connectivity index (χ3v) is 7.17. The molecule has 0 fully saturated rings. The zero-order valence-corrected chi connectivity index (χ0v) is 21.9. The fourth-order valence-electron chi connectivity index (χ4n) is 3.55. The Hall–Kier alpha value is -3.17. The van der Waals surface area contributed by atoms with Crippen molar-refractivity contribution in [3.05, 3.63) is 53.7 Å². The van der Waals surface area contributed by atoms with Crippen LogP contribution >= 0.6 is 0 Å². The molecule has 0 bridgehead atoms. The average Bonchev–Trinajstić information content (AvgIpc) is 3.20. The summed E-state index contributed by atoms with van der Waals surface area (Å²) in [6, 6.07) is 10.3. The Morgan fingerprint density at radius 2 is 2.11 bits per heavy atom. The molecular formula is C26H35N3O5Si. The number of benzene rings is 1. The normalized spacial score (nSPS) is 15.2. The van der Waals surface area contributed by atoms with Gasteiger partial charge in [0.1, 0.15) is 18.2 Å². The minimum atomic E-state index is -1.13. The van der Waals surface area contributed by atoms with Crippen LogP contribution in [0.25, 0.3) is 5.70 Å². The van der Waals surface area contributed by atoms with Gasteiger partial charge in [-0.3, -0.25) is 4.79 Å². The van der Waals surface area contributed by atoms with Crippen molar-refractivity contribution in [2.24, 2.45) is 0 Å². The molecular weight excluding hydrogens is 462 g/mol. The van der Waals surface area contributed by atoms with Crippen molar-refractivity contribution in [1.82, 2.24) is 10.3 Å². The van der Waals surface area contributed by atoms with E-state index in [1.807, 2.05) is 24.3 Å². The number of carbonyl (C=O) groups is 1. The first-order valence-corrected chi connectivity index (χ1v) is 15.6. The van der Waals surface area contributed by atoms with Crippen LogP contribution in [0, 0.1) is 5.41 Å². The molecule has 0 saturated carbocycles. The highest BCUT2D eigenvalue weighted by atomic mass is 28.3. The van der Waals surface area contributed by atoms with E-state index in [-0.39, 0.29) is 11.9 Å². The van der Waals surface area contributed by atoms with Gasteiger partial charge in [0.15, 0.2) is 0 Å². The number of aromatic nitrogens is 1. The third-order valence-electron chi connectivity index (χ3n) is 5.46. The lowest BCUT2D eigenvalue weighted by atomic mass is 9.98. The van der Waals surface area contributed by atoms with Gasteiger partial charge in [-0.15, -0.1) is 0 Å². The van der Waals surface area contributed by atoms with Crippen molar-refractivity contribution < 1.29 is 23.7 Å². The molecule has 1 aliphatic rings. The van der Waals surface area contributed by atoms with Crippen LogP contribution < -0.4 is 14.8 Å². The maximum Gasteiger partial charge on any atom is 0.306 e. The minimum absolute atomic E-state index is 0.0124. The molecule has 1 aromatic heterocycles. The predicted molar refractivity (Wildman–Crippen MR) is 139 cm³/mol. The van der Waals surface area contributed by atoms with Crippen LogP contribution in [0.5, 0.6) is 17.4 Å². The van der Waals surface area contributed by atoms with E-state index in [0.717, 1.165) is 29.5 Å². The van der Waals surface area contributed by atoms with Crippen LogP contribution in [0.1, 0.15) is 30.4 Å². The Kier molecular flexibility index (Phi) is 9.45. The lowest BCUT2D eigenvalue weighted by Gasteiger charge is -2.16. The first-order valence-electron chi connectivity index (χ1n) is 11.9. The number of hydrogen-bond donors (Lipinski definition) is 2. The van der Waals surface area contributed by atoms with Crippen molar-refractivity contribution in [3.63, 3.8) is 0 Å². The van der Waals surface area contributed by atoms with Crippen molar-refractivity contribution >= 4 is 26.0 Å². The molecule has 0 aliphatic carbocycles. The molecule has 35 heavy (non-hydrogen) atoms. The second kappa shape index (κ2) is 12.5.